The summed E-state index contributed by atoms with van der Waals surface area (Å²) in [4.78, 5) is 33.8. The highest BCUT2D eigenvalue weighted by atomic mass is 35.5. The zero-order chi connectivity index (χ0) is 25.1. The Bertz CT molecular complexity index is 1440. The first-order valence-corrected chi connectivity index (χ1v) is 11.5. The van der Waals surface area contributed by atoms with Gasteiger partial charge in [0.15, 0.2) is 6.61 Å². The lowest BCUT2D eigenvalue weighted by Crippen LogP contribution is -2.23. The standard InChI is InChI=1S/C25H26ClN5O4/c1-15(2)30-14-27-25-28-19(11-24(33)31(25)30)12-34-22-9-8-18(26)10-20(22)29-23(32)13-35-21-7-5-6-16(3)17(21)4/h5-11,14-15H,12-13H2,1-4H3,(H,29,32). The predicted molar refractivity (Wildman–Crippen MR) is 133 cm³/mol. The molecule has 0 unspecified atom stereocenters. The lowest BCUT2D eigenvalue weighted by molar-refractivity contribution is -0.118. The number of fused-ring (bicyclic) bond motifs is 1. The molecule has 35 heavy (non-hydrogen) atoms. The van der Waals surface area contributed by atoms with Crippen molar-refractivity contribution in [2.24, 2.45) is 0 Å². The number of nitrogens with one attached hydrogen (secondary N) is 1. The van der Waals surface area contributed by atoms with Crippen molar-refractivity contribution >= 4 is 29.0 Å². The van der Waals surface area contributed by atoms with Crippen molar-refractivity contribution < 1.29 is 14.3 Å². The van der Waals surface area contributed by atoms with Crippen LogP contribution >= 0.6 is 11.6 Å². The summed E-state index contributed by atoms with van der Waals surface area (Å²) in [6.45, 7) is 7.65. The topological polar surface area (TPSA) is 99.7 Å². The molecule has 0 spiro atoms. The molecule has 4 rings (SSSR count). The van der Waals surface area contributed by atoms with Crippen molar-refractivity contribution in [3.05, 3.63) is 81.0 Å². The van der Waals surface area contributed by atoms with Gasteiger partial charge in [0.25, 0.3) is 17.2 Å². The number of ether oxygens (including phenoxy) is 2. The van der Waals surface area contributed by atoms with E-state index in [0.717, 1.165) is 11.1 Å². The SMILES string of the molecule is Cc1cccc(OCC(=O)Nc2cc(Cl)ccc2OCc2cc(=O)n3c(ncn3C(C)C)n2)c1C. The molecule has 0 fully saturated rings. The molecule has 4 aromatic rings. The summed E-state index contributed by atoms with van der Waals surface area (Å²) in [6.07, 6.45) is 1.58. The maximum atomic E-state index is 12.6. The Morgan fingerprint density at radius 1 is 1.11 bits per heavy atom. The van der Waals surface area contributed by atoms with Gasteiger partial charge in [-0.15, -0.1) is 0 Å². The van der Waals surface area contributed by atoms with Crippen LogP contribution in [-0.4, -0.2) is 31.7 Å². The van der Waals surface area contributed by atoms with Gasteiger partial charge in [-0.25, -0.2) is 4.98 Å². The van der Waals surface area contributed by atoms with E-state index in [9.17, 15) is 9.59 Å². The molecule has 0 aliphatic heterocycles. The van der Waals surface area contributed by atoms with Gasteiger partial charge in [0, 0.05) is 17.1 Å². The molecule has 0 aliphatic carbocycles. The van der Waals surface area contributed by atoms with Gasteiger partial charge < -0.3 is 14.8 Å². The number of nitrogens with zero attached hydrogens (tertiary/aromatic N) is 4. The van der Waals surface area contributed by atoms with Crippen LogP contribution in [0.4, 0.5) is 5.69 Å². The Morgan fingerprint density at radius 3 is 2.69 bits per heavy atom. The van der Waals surface area contributed by atoms with Crippen molar-refractivity contribution in [2.45, 2.75) is 40.3 Å². The lowest BCUT2D eigenvalue weighted by atomic mass is 10.1. The lowest BCUT2D eigenvalue weighted by Gasteiger charge is -2.14. The summed E-state index contributed by atoms with van der Waals surface area (Å²) in [5.41, 5.74) is 2.60. The summed E-state index contributed by atoms with van der Waals surface area (Å²) >= 11 is 6.14. The number of benzene rings is 2. The van der Waals surface area contributed by atoms with Gasteiger partial charge in [-0.3, -0.25) is 14.3 Å². The van der Waals surface area contributed by atoms with Gasteiger partial charge >= 0.3 is 0 Å². The fourth-order valence-corrected chi connectivity index (χ4v) is 3.67. The fraction of sp³-hybridized carbons (Fsp3) is 0.280. The van der Waals surface area contributed by atoms with Gasteiger partial charge in [-0.1, -0.05) is 23.7 Å². The molecule has 10 heteroatoms. The first kappa shape index (κ1) is 24.3. The maximum absolute atomic E-state index is 12.6. The Hall–Kier alpha value is -3.85. The van der Waals surface area contributed by atoms with E-state index in [1.807, 2.05) is 45.9 Å². The zero-order valence-electron chi connectivity index (χ0n) is 19.9. The number of halogens is 1. The minimum absolute atomic E-state index is 0.00374. The van der Waals surface area contributed by atoms with E-state index in [1.54, 1.807) is 29.2 Å². The molecule has 182 valence electrons. The zero-order valence-corrected chi connectivity index (χ0v) is 20.7. The van der Waals surface area contributed by atoms with E-state index in [2.05, 4.69) is 15.3 Å². The summed E-state index contributed by atoms with van der Waals surface area (Å²) in [6, 6.07) is 12.0. The molecule has 9 nitrogen and oxygen atoms in total. The Balaban J connectivity index is 1.46. The van der Waals surface area contributed by atoms with E-state index in [-0.39, 0.29) is 36.5 Å². The van der Waals surface area contributed by atoms with Crippen LogP contribution in [-0.2, 0) is 11.4 Å². The largest absolute Gasteiger partial charge is 0.485 e. The summed E-state index contributed by atoms with van der Waals surface area (Å²) < 4.78 is 14.7. The quantitative estimate of drug-likeness (QED) is 0.390. The van der Waals surface area contributed by atoms with E-state index < -0.39 is 0 Å². The number of aromatic nitrogens is 4. The second-order valence-electron chi connectivity index (χ2n) is 8.38. The fourth-order valence-electron chi connectivity index (χ4n) is 3.50. The van der Waals surface area contributed by atoms with Crippen LogP contribution in [0.3, 0.4) is 0 Å². The van der Waals surface area contributed by atoms with E-state index >= 15 is 0 Å². The minimum atomic E-state index is -0.366. The van der Waals surface area contributed by atoms with Gasteiger partial charge in [0.1, 0.15) is 24.4 Å². The third-order valence-corrected chi connectivity index (χ3v) is 5.72. The summed E-state index contributed by atoms with van der Waals surface area (Å²) in [5.74, 6) is 0.952. The highest BCUT2D eigenvalue weighted by Gasteiger charge is 2.14. The normalized spacial score (nSPS) is 11.1. The third-order valence-electron chi connectivity index (χ3n) is 5.49. The molecule has 1 N–H and O–H groups in total. The second-order valence-corrected chi connectivity index (χ2v) is 8.82. The van der Waals surface area contributed by atoms with Gasteiger partial charge in [-0.05, 0) is 63.1 Å². The van der Waals surface area contributed by atoms with Crippen molar-refractivity contribution in [3.8, 4) is 11.5 Å². The Morgan fingerprint density at radius 2 is 1.91 bits per heavy atom. The van der Waals surface area contributed by atoms with Crippen LogP contribution in [0.25, 0.3) is 5.78 Å². The molecule has 0 saturated carbocycles. The smallest absolute Gasteiger partial charge is 0.274 e. The van der Waals surface area contributed by atoms with Crippen molar-refractivity contribution in [2.75, 3.05) is 11.9 Å². The predicted octanol–water partition coefficient (Wildman–Crippen LogP) is 4.34. The van der Waals surface area contributed by atoms with Crippen LogP contribution in [0, 0.1) is 13.8 Å². The average molecular weight is 496 g/mol. The highest BCUT2D eigenvalue weighted by molar-refractivity contribution is 6.31. The number of anilines is 1. The first-order valence-electron chi connectivity index (χ1n) is 11.1. The highest BCUT2D eigenvalue weighted by Crippen LogP contribution is 2.29. The maximum Gasteiger partial charge on any atom is 0.274 e. The molecule has 0 aliphatic rings. The minimum Gasteiger partial charge on any atom is -0.485 e. The number of carbonyl (C=O) groups is 1. The molecule has 2 aromatic heterocycles. The van der Waals surface area contributed by atoms with E-state index in [1.165, 1.54) is 10.6 Å². The van der Waals surface area contributed by atoms with Crippen LogP contribution in [0.1, 0.15) is 36.7 Å². The average Bonchev–Trinajstić information content (AvgIpc) is 3.24. The van der Waals surface area contributed by atoms with E-state index in [0.29, 0.717) is 27.9 Å². The second kappa shape index (κ2) is 10.2. The van der Waals surface area contributed by atoms with Crippen molar-refractivity contribution in [3.63, 3.8) is 0 Å². The van der Waals surface area contributed by atoms with Gasteiger partial charge in [-0.2, -0.15) is 9.50 Å². The Labute approximate surface area is 207 Å². The number of carbonyl (C=O) groups excluding carboxylic acids is 1. The number of rotatable bonds is 8. The third kappa shape index (κ3) is 5.46. The molecule has 2 heterocycles. The molecular weight excluding hydrogens is 470 g/mol. The van der Waals surface area contributed by atoms with Crippen molar-refractivity contribution in [1.29, 1.82) is 0 Å². The molecule has 0 saturated heterocycles. The number of aryl methyl sites for hydroxylation is 1. The van der Waals surface area contributed by atoms with Crippen molar-refractivity contribution in [1.82, 2.24) is 19.2 Å². The molecule has 1 amide bonds. The molecular formula is C25H26ClN5O4. The summed E-state index contributed by atoms with van der Waals surface area (Å²) in [5, 5.41) is 3.20. The molecule has 0 atom stereocenters. The number of hydrogen-bond acceptors (Lipinski definition) is 6. The van der Waals surface area contributed by atoms with Gasteiger partial charge in [0.05, 0.1) is 11.4 Å². The Kier molecular flexibility index (Phi) is 7.07. The number of amides is 1. The summed E-state index contributed by atoms with van der Waals surface area (Å²) in [7, 11) is 0. The van der Waals surface area contributed by atoms with Crippen LogP contribution in [0.2, 0.25) is 5.02 Å². The first-order chi connectivity index (χ1) is 16.7. The van der Waals surface area contributed by atoms with Crippen LogP contribution in [0.15, 0.2) is 53.6 Å². The van der Waals surface area contributed by atoms with E-state index in [4.69, 9.17) is 21.1 Å². The van der Waals surface area contributed by atoms with Crippen LogP contribution in [0.5, 0.6) is 11.5 Å². The molecule has 0 radical (unpaired) electrons. The van der Waals surface area contributed by atoms with Gasteiger partial charge in [0.2, 0.25) is 0 Å². The number of hydrogen-bond donors (Lipinski definition) is 1. The van der Waals surface area contributed by atoms with Crippen LogP contribution < -0.4 is 20.3 Å². The molecule has 0 bridgehead atoms. The molecule has 2 aromatic carbocycles. The monoisotopic (exact) mass is 495 g/mol.